The summed E-state index contributed by atoms with van der Waals surface area (Å²) in [5.74, 6) is 0.342. The normalized spacial score (nSPS) is 10.7. The van der Waals surface area contributed by atoms with Crippen LogP contribution in [0.1, 0.15) is 9.67 Å². The molecule has 0 bridgehead atoms. The van der Waals surface area contributed by atoms with E-state index < -0.39 is 0 Å². The number of thiophene rings is 1. The van der Waals surface area contributed by atoms with Crippen molar-refractivity contribution in [2.24, 2.45) is 0 Å². The van der Waals surface area contributed by atoms with Crippen molar-refractivity contribution in [2.75, 3.05) is 12.5 Å². The number of amides is 1. The number of methoxy groups -OCH3 is 1. The molecule has 3 aromatic rings. The molecular weight excluding hydrogens is 365 g/mol. The highest BCUT2D eigenvalue weighted by atomic mass is 35.5. The van der Waals surface area contributed by atoms with Crippen LogP contribution in [0.5, 0.6) is 5.75 Å². The van der Waals surface area contributed by atoms with Crippen molar-refractivity contribution in [3.8, 4) is 5.75 Å². The molecular formula is C13H9Cl2N3O2S2. The summed E-state index contributed by atoms with van der Waals surface area (Å²) >= 11 is 14.5. The largest absolute Gasteiger partial charge is 0.494 e. The fourth-order valence-corrected chi connectivity index (χ4v) is 3.83. The maximum atomic E-state index is 11.9. The minimum Gasteiger partial charge on any atom is -0.494 e. The lowest BCUT2D eigenvalue weighted by Crippen LogP contribution is -2.28. The fourth-order valence-electron chi connectivity index (χ4n) is 1.78. The molecule has 0 aliphatic rings. The summed E-state index contributed by atoms with van der Waals surface area (Å²) in [6.45, 7) is 0. The Bertz CT molecular complexity index is 847. The second-order valence-corrected chi connectivity index (χ2v) is 7.25. The quantitative estimate of drug-likeness (QED) is 0.664. The zero-order valence-electron chi connectivity index (χ0n) is 11.1. The Morgan fingerprint density at radius 2 is 2.05 bits per heavy atom. The molecule has 0 atom stereocenters. The molecule has 2 heterocycles. The monoisotopic (exact) mass is 373 g/mol. The Balaban J connectivity index is 1.80. The number of ether oxygens (including phenoxy) is 1. The van der Waals surface area contributed by atoms with Crippen LogP contribution >= 0.6 is 45.9 Å². The van der Waals surface area contributed by atoms with Gasteiger partial charge < -0.3 is 4.74 Å². The highest BCUT2D eigenvalue weighted by Crippen LogP contribution is 2.37. The Morgan fingerprint density at radius 1 is 1.23 bits per heavy atom. The van der Waals surface area contributed by atoms with Crippen molar-refractivity contribution in [3.05, 3.63) is 38.5 Å². The Labute approximate surface area is 143 Å². The minimum atomic E-state index is -0.283. The summed E-state index contributed by atoms with van der Waals surface area (Å²) in [4.78, 5) is 16.8. The number of carbonyl (C=O) groups excluding carboxylic acids is 1. The van der Waals surface area contributed by atoms with Gasteiger partial charge in [-0.25, -0.2) is 4.98 Å². The first-order valence-corrected chi connectivity index (χ1v) is 8.42. The minimum absolute atomic E-state index is 0.283. The summed E-state index contributed by atoms with van der Waals surface area (Å²) in [6, 6.07) is 6.82. The number of hydrogen-bond acceptors (Lipinski definition) is 6. The number of thiazole rings is 1. The smallest absolute Gasteiger partial charge is 0.279 e. The standard InChI is InChI=1S/C13H9Cl2N3O2S2/c1-20-7-3-2-6(14)11-10(7)16-13(22-11)18-17-12(19)8-4-5-9(15)21-8/h2-5H,1H3,(H,16,18)(H,17,19). The van der Waals surface area contributed by atoms with E-state index in [1.807, 2.05) is 0 Å². The number of hydrogen-bond donors (Lipinski definition) is 2. The van der Waals surface area contributed by atoms with Crippen LogP contribution in [0, 0.1) is 0 Å². The van der Waals surface area contributed by atoms with Gasteiger partial charge in [0.25, 0.3) is 5.91 Å². The number of halogens is 2. The molecule has 0 aliphatic heterocycles. The average Bonchev–Trinajstić information content (AvgIpc) is 3.12. The number of nitrogens with zero attached hydrogens (tertiary/aromatic N) is 1. The molecule has 3 rings (SSSR count). The van der Waals surface area contributed by atoms with E-state index in [1.165, 1.54) is 22.7 Å². The lowest BCUT2D eigenvalue weighted by molar-refractivity contribution is 0.0966. The summed E-state index contributed by atoms with van der Waals surface area (Å²) in [6.07, 6.45) is 0. The molecule has 0 fully saturated rings. The lowest BCUT2D eigenvalue weighted by atomic mass is 10.3. The molecule has 0 aliphatic carbocycles. The molecule has 0 saturated heterocycles. The molecule has 2 N–H and O–H groups in total. The van der Waals surface area contributed by atoms with Crippen LogP contribution in [0.25, 0.3) is 10.2 Å². The third kappa shape index (κ3) is 2.98. The van der Waals surface area contributed by atoms with E-state index in [2.05, 4.69) is 15.8 Å². The number of hydrazine groups is 1. The number of anilines is 1. The van der Waals surface area contributed by atoms with Crippen LogP contribution in [0.3, 0.4) is 0 Å². The number of benzene rings is 1. The number of rotatable bonds is 4. The molecule has 9 heteroatoms. The van der Waals surface area contributed by atoms with Gasteiger partial charge in [-0.15, -0.1) is 11.3 Å². The lowest BCUT2D eigenvalue weighted by Gasteiger charge is -2.03. The Kier molecular flexibility index (Phi) is 4.39. The number of fused-ring (bicyclic) bond motifs is 1. The topological polar surface area (TPSA) is 63.2 Å². The predicted molar refractivity (Wildman–Crippen MR) is 91.6 cm³/mol. The van der Waals surface area contributed by atoms with E-state index in [9.17, 15) is 4.79 Å². The van der Waals surface area contributed by atoms with E-state index in [-0.39, 0.29) is 5.91 Å². The van der Waals surface area contributed by atoms with Crippen molar-refractivity contribution in [2.45, 2.75) is 0 Å². The van der Waals surface area contributed by atoms with E-state index in [0.717, 1.165) is 4.70 Å². The van der Waals surface area contributed by atoms with Crippen LogP contribution in [0.4, 0.5) is 5.13 Å². The number of aromatic nitrogens is 1. The van der Waals surface area contributed by atoms with E-state index in [1.54, 1.807) is 31.4 Å². The maximum Gasteiger partial charge on any atom is 0.279 e. The first-order valence-electron chi connectivity index (χ1n) is 6.03. The number of nitrogens with one attached hydrogen (secondary N) is 2. The third-order valence-electron chi connectivity index (χ3n) is 2.76. The maximum absolute atomic E-state index is 11.9. The van der Waals surface area contributed by atoms with Gasteiger partial charge in [0.2, 0.25) is 5.13 Å². The molecule has 0 saturated carbocycles. The van der Waals surface area contributed by atoms with Gasteiger partial charge in [-0.05, 0) is 24.3 Å². The van der Waals surface area contributed by atoms with Gasteiger partial charge in [0.15, 0.2) is 0 Å². The van der Waals surface area contributed by atoms with Crippen molar-refractivity contribution < 1.29 is 9.53 Å². The molecule has 1 amide bonds. The van der Waals surface area contributed by atoms with Gasteiger partial charge in [0.1, 0.15) is 11.3 Å². The van der Waals surface area contributed by atoms with E-state index in [4.69, 9.17) is 27.9 Å². The Morgan fingerprint density at radius 3 is 2.73 bits per heavy atom. The van der Waals surface area contributed by atoms with Gasteiger partial charge in [0.05, 0.1) is 26.0 Å². The van der Waals surface area contributed by atoms with Gasteiger partial charge >= 0.3 is 0 Å². The number of carbonyl (C=O) groups is 1. The summed E-state index contributed by atoms with van der Waals surface area (Å²) < 4.78 is 6.60. The molecule has 0 unspecified atom stereocenters. The molecule has 5 nitrogen and oxygen atoms in total. The molecule has 0 spiro atoms. The van der Waals surface area contributed by atoms with Gasteiger partial charge in [-0.2, -0.15) is 0 Å². The second kappa shape index (κ2) is 6.29. The van der Waals surface area contributed by atoms with Crippen molar-refractivity contribution in [1.82, 2.24) is 10.4 Å². The summed E-state index contributed by atoms with van der Waals surface area (Å²) in [7, 11) is 1.57. The SMILES string of the molecule is COc1ccc(Cl)c2sc(NNC(=O)c3ccc(Cl)s3)nc12. The second-order valence-electron chi connectivity index (χ2n) is 4.13. The van der Waals surface area contributed by atoms with Crippen LogP contribution in [0.15, 0.2) is 24.3 Å². The zero-order chi connectivity index (χ0) is 15.7. The zero-order valence-corrected chi connectivity index (χ0v) is 14.3. The van der Waals surface area contributed by atoms with Crippen molar-refractivity contribution in [3.63, 3.8) is 0 Å². The van der Waals surface area contributed by atoms with Crippen LogP contribution < -0.4 is 15.6 Å². The third-order valence-corrected chi connectivity index (χ3v) is 5.42. The first kappa shape index (κ1) is 15.4. The average molecular weight is 374 g/mol. The summed E-state index contributed by atoms with van der Waals surface area (Å²) in [5, 5.41) is 1.09. The fraction of sp³-hybridized carbons (Fsp3) is 0.0769. The van der Waals surface area contributed by atoms with E-state index >= 15 is 0 Å². The van der Waals surface area contributed by atoms with Crippen LogP contribution in [0.2, 0.25) is 9.36 Å². The molecule has 1 aromatic carbocycles. The van der Waals surface area contributed by atoms with E-state index in [0.29, 0.717) is 30.6 Å². The first-order chi connectivity index (χ1) is 10.6. The highest BCUT2D eigenvalue weighted by Gasteiger charge is 2.13. The molecule has 2 aromatic heterocycles. The van der Waals surface area contributed by atoms with Gasteiger partial charge in [-0.1, -0.05) is 34.5 Å². The predicted octanol–water partition coefficient (Wildman–Crippen LogP) is 4.43. The van der Waals surface area contributed by atoms with Crippen LogP contribution in [-0.4, -0.2) is 18.0 Å². The molecule has 0 radical (unpaired) electrons. The summed E-state index contributed by atoms with van der Waals surface area (Å²) in [5.41, 5.74) is 6.00. The highest BCUT2D eigenvalue weighted by molar-refractivity contribution is 7.22. The molecule has 22 heavy (non-hydrogen) atoms. The van der Waals surface area contributed by atoms with Crippen LogP contribution in [-0.2, 0) is 0 Å². The van der Waals surface area contributed by atoms with Crippen molar-refractivity contribution >= 4 is 67.1 Å². The van der Waals surface area contributed by atoms with Gasteiger partial charge in [0, 0.05) is 0 Å². The molecule has 114 valence electrons. The Hall–Kier alpha value is -1.54. The van der Waals surface area contributed by atoms with Crippen molar-refractivity contribution in [1.29, 1.82) is 0 Å². The van der Waals surface area contributed by atoms with Gasteiger partial charge in [-0.3, -0.25) is 15.6 Å².